The Labute approximate surface area is 143 Å². The van der Waals surface area contributed by atoms with Gasteiger partial charge in [-0.05, 0) is 12.3 Å². The monoisotopic (exact) mass is 354 g/mol. The SMILES string of the molecule is CCCCCCCCC(C)CCCCCCCO.O=S(=O)(O)O. The number of unbranched alkanes of at least 4 members (excludes halogenated alkanes) is 9. The van der Waals surface area contributed by atoms with Gasteiger partial charge < -0.3 is 5.11 Å². The summed E-state index contributed by atoms with van der Waals surface area (Å²) in [5.41, 5.74) is 0. The molecule has 142 valence electrons. The standard InChI is InChI=1S/C17H36O.H2O4S/c1-3-4-5-6-8-11-14-17(2)15-12-9-7-10-13-16-18;1-5(2,3)4/h17-18H,3-16H2,1-2H3;(H2,1,2,3,4). The summed E-state index contributed by atoms with van der Waals surface area (Å²) in [6.07, 6.45) is 17.7. The van der Waals surface area contributed by atoms with Crippen molar-refractivity contribution in [3.05, 3.63) is 0 Å². The van der Waals surface area contributed by atoms with Crippen LogP contribution in [0.1, 0.15) is 97.3 Å². The molecular weight excluding hydrogens is 316 g/mol. The summed E-state index contributed by atoms with van der Waals surface area (Å²) in [4.78, 5) is 0. The second-order valence-corrected chi connectivity index (χ2v) is 7.29. The maximum Gasteiger partial charge on any atom is 0.394 e. The summed E-state index contributed by atoms with van der Waals surface area (Å²) in [6, 6.07) is 0. The highest BCUT2D eigenvalue weighted by atomic mass is 32.3. The van der Waals surface area contributed by atoms with Crippen LogP contribution in [0.5, 0.6) is 0 Å². The van der Waals surface area contributed by atoms with E-state index < -0.39 is 10.4 Å². The average Bonchev–Trinajstić information content (AvgIpc) is 2.44. The fraction of sp³-hybridized carbons (Fsp3) is 1.00. The van der Waals surface area contributed by atoms with Gasteiger partial charge in [-0.2, -0.15) is 8.42 Å². The van der Waals surface area contributed by atoms with Crippen molar-refractivity contribution in [3.8, 4) is 0 Å². The molecule has 0 aliphatic carbocycles. The predicted molar refractivity (Wildman–Crippen MR) is 96.1 cm³/mol. The maximum absolute atomic E-state index is 8.74. The van der Waals surface area contributed by atoms with E-state index in [4.69, 9.17) is 22.6 Å². The molecule has 0 amide bonds. The van der Waals surface area contributed by atoms with Crippen molar-refractivity contribution < 1.29 is 22.6 Å². The molecule has 0 bridgehead atoms. The second-order valence-electron chi connectivity index (χ2n) is 6.39. The highest BCUT2D eigenvalue weighted by Gasteiger charge is 2.01. The fourth-order valence-electron chi connectivity index (χ4n) is 2.55. The lowest BCUT2D eigenvalue weighted by Gasteiger charge is -2.10. The van der Waals surface area contributed by atoms with Crippen molar-refractivity contribution in [1.82, 2.24) is 0 Å². The van der Waals surface area contributed by atoms with Gasteiger partial charge in [0.15, 0.2) is 0 Å². The van der Waals surface area contributed by atoms with Gasteiger partial charge in [-0.1, -0.05) is 90.9 Å². The van der Waals surface area contributed by atoms with Crippen molar-refractivity contribution in [2.45, 2.75) is 97.3 Å². The largest absolute Gasteiger partial charge is 0.396 e. The van der Waals surface area contributed by atoms with Crippen LogP contribution >= 0.6 is 0 Å². The average molecular weight is 355 g/mol. The molecule has 0 spiro atoms. The zero-order valence-corrected chi connectivity index (χ0v) is 15.9. The van der Waals surface area contributed by atoms with Crippen LogP contribution in [0.3, 0.4) is 0 Å². The van der Waals surface area contributed by atoms with E-state index in [1.54, 1.807) is 0 Å². The first-order chi connectivity index (χ1) is 10.8. The molecule has 0 aromatic heterocycles. The van der Waals surface area contributed by atoms with E-state index >= 15 is 0 Å². The van der Waals surface area contributed by atoms with Crippen LogP contribution in [0.15, 0.2) is 0 Å². The summed E-state index contributed by atoms with van der Waals surface area (Å²) >= 11 is 0. The van der Waals surface area contributed by atoms with Gasteiger partial charge in [-0.15, -0.1) is 0 Å². The number of rotatable bonds is 14. The Bertz CT molecular complexity index is 293. The molecular formula is C17H38O5S. The molecule has 1 atom stereocenters. The summed E-state index contributed by atoms with van der Waals surface area (Å²) < 4.78 is 31.6. The first-order valence-electron chi connectivity index (χ1n) is 9.12. The van der Waals surface area contributed by atoms with Crippen molar-refractivity contribution in [3.63, 3.8) is 0 Å². The Morgan fingerprint density at radius 1 is 0.739 bits per heavy atom. The third kappa shape index (κ3) is 34.3. The van der Waals surface area contributed by atoms with Crippen LogP contribution in [0.4, 0.5) is 0 Å². The fourth-order valence-corrected chi connectivity index (χ4v) is 2.55. The van der Waals surface area contributed by atoms with Gasteiger partial charge >= 0.3 is 10.4 Å². The topological polar surface area (TPSA) is 94.8 Å². The first-order valence-corrected chi connectivity index (χ1v) is 10.5. The Hall–Kier alpha value is -0.170. The van der Waals surface area contributed by atoms with Gasteiger partial charge in [-0.3, -0.25) is 9.11 Å². The highest BCUT2D eigenvalue weighted by molar-refractivity contribution is 7.79. The van der Waals surface area contributed by atoms with Gasteiger partial charge in [0, 0.05) is 6.61 Å². The summed E-state index contributed by atoms with van der Waals surface area (Å²) in [6.45, 7) is 5.07. The minimum absolute atomic E-state index is 0.369. The molecule has 0 aliphatic heterocycles. The Morgan fingerprint density at radius 3 is 1.48 bits per heavy atom. The third-order valence-corrected chi connectivity index (χ3v) is 3.91. The van der Waals surface area contributed by atoms with E-state index in [0.717, 1.165) is 12.3 Å². The van der Waals surface area contributed by atoms with Crippen molar-refractivity contribution in [2.24, 2.45) is 5.92 Å². The number of hydrogen-bond donors (Lipinski definition) is 3. The summed E-state index contributed by atoms with van der Waals surface area (Å²) in [5.74, 6) is 0.925. The van der Waals surface area contributed by atoms with E-state index in [2.05, 4.69) is 13.8 Å². The minimum atomic E-state index is -4.67. The van der Waals surface area contributed by atoms with Crippen LogP contribution in [0.25, 0.3) is 0 Å². The van der Waals surface area contributed by atoms with Crippen molar-refractivity contribution in [1.29, 1.82) is 0 Å². The molecule has 0 rings (SSSR count). The van der Waals surface area contributed by atoms with E-state index in [9.17, 15) is 0 Å². The molecule has 0 aromatic rings. The minimum Gasteiger partial charge on any atom is -0.396 e. The lowest BCUT2D eigenvalue weighted by atomic mass is 9.96. The number of aliphatic hydroxyl groups is 1. The van der Waals surface area contributed by atoms with Gasteiger partial charge in [0.05, 0.1) is 0 Å². The van der Waals surface area contributed by atoms with Crippen LogP contribution in [0.2, 0.25) is 0 Å². The van der Waals surface area contributed by atoms with E-state index in [1.807, 2.05) is 0 Å². The quantitative estimate of drug-likeness (QED) is 0.299. The lowest BCUT2D eigenvalue weighted by Crippen LogP contribution is -1.95. The first kappa shape index (κ1) is 25.1. The molecule has 0 heterocycles. The van der Waals surface area contributed by atoms with Crippen LogP contribution in [-0.4, -0.2) is 29.2 Å². The zero-order valence-electron chi connectivity index (χ0n) is 15.0. The second kappa shape index (κ2) is 18.2. The van der Waals surface area contributed by atoms with Crippen LogP contribution < -0.4 is 0 Å². The Balaban J connectivity index is 0. The number of aliphatic hydroxyl groups excluding tert-OH is 1. The summed E-state index contributed by atoms with van der Waals surface area (Å²) in [7, 11) is -4.67. The molecule has 0 aromatic carbocycles. The van der Waals surface area contributed by atoms with Crippen LogP contribution in [0, 0.1) is 5.92 Å². The smallest absolute Gasteiger partial charge is 0.394 e. The molecule has 3 N–H and O–H groups in total. The number of hydrogen-bond acceptors (Lipinski definition) is 3. The van der Waals surface area contributed by atoms with E-state index in [1.165, 1.54) is 77.0 Å². The zero-order chi connectivity index (χ0) is 18.0. The predicted octanol–water partition coefficient (Wildman–Crippen LogP) is 5.05. The maximum atomic E-state index is 8.74. The highest BCUT2D eigenvalue weighted by Crippen LogP contribution is 2.18. The Morgan fingerprint density at radius 2 is 1.09 bits per heavy atom. The van der Waals surface area contributed by atoms with Crippen molar-refractivity contribution >= 4 is 10.4 Å². The van der Waals surface area contributed by atoms with Crippen molar-refractivity contribution in [2.75, 3.05) is 6.61 Å². The van der Waals surface area contributed by atoms with E-state index in [-0.39, 0.29) is 0 Å². The Kier molecular flexibility index (Phi) is 19.8. The normalized spacial score (nSPS) is 12.6. The lowest BCUT2D eigenvalue weighted by molar-refractivity contribution is 0.282. The molecule has 1 unspecified atom stereocenters. The van der Waals surface area contributed by atoms with E-state index in [0.29, 0.717) is 6.61 Å². The van der Waals surface area contributed by atoms with Gasteiger partial charge in [-0.25, -0.2) is 0 Å². The molecule has 0 aliphatic rings. The molecule has 5 nitrogen and oxygen atoms in total. The van der Waals surface area contributed by atoms with Gasteiger partial charge in [0.2, 0.25) is 0 Å². The van der Waals surface area contributed by atoms with Gasteiger partial charge in [0.1, 0.15) is 0 Å². The molecule has 0 radical (unpaired) electrons. The molecule has 6 heteroatoms. The molecule has 0 saturated carbocycles. The van der Waals surface area contributed by atoms with Gasteiger partial charge in [0.25, 0.3) is 0 Å². The summed E-state index contributed by atoms with van der Waals surface area (Å²) in [5, 5.41) is 8.69. The molecule has 0 saturated heterocycles. The third-order valence-electron chi connectivity index (χ3n) is 3.91. The molecule has 23 heavy (non-hydrogen) atoms. The molecule has 0 fully saturated rings. The van der Waals surface area contributed by atoms with Crippen LogP contribution in [-0.2, 0) is 10.4 Å².